The van der Waals surface area contributed by atoms with Crippen molar-refractivity contribution in [1.29, 1.82) is 0 Å². The highest BCUT2D eigenvalue weighted by Crippen LogP contribution is 2.45. The third-order valence-corrected chi connectivity index (χ3v) is 4.81. The van der Waals surface area contributed by atoms with E-state index in [2.05, 4.69) is 13.8 Å². The van der Waals surface area contributed by atoms with Gasteiger partial charge in [-0.05, 0) is 12.8 Å². The predicted octanol–water partition coefficient (Wildman–Crippen LogP) is 4.46. The molecule has 1 aliphatic heterocycles. The van der Waals surface area contributed by atoms with E-state index in [-0.39, 0.29) is 23.8 Å². The van der Waals surface area contributed by atoms with Crippen LogP contribution in [-0.4, -0.2) is 17.7 Å². The maximum atomic E-state index is 12.8. The van der Waals surface area contributed by atoms with Gasteiger partial charge in [-0.15, -0.1) is 0 Å². The molecule has 0 atom stereocenters. The molecule has 0 radical (unpaired) electrons. The van der Waals surface area contributed by atoms with Crippen LogP contribution >= 0.6 is 0 Å². The van der Waals surface area contributed by atoms with Crippen LogP contribution in [0, 0.1) is 17.3 Å². The van der Waals surface area contributed by atoms with Crippen molar-refractivity contribution >= 4 is 11.9 Å². The van der Waals surface area contributed by atoms with E-state index in [1.54, 1.807) is 0 Å². The average Bonchev–Trinajstić information content (AvgIpc) is 2.45. The molecular formula is C18H32O4. The second-order valence-corrected chi connectivity index (χ2v) is 7.10. The molecule has 4 nitrogen and oxygen atoms in total. The molecule has 1 saturated heterocycles. The Morgan fingerprint density at radius 1 is 0.818 bits per heavy atom. The van der Waals surface area contributed by atoms with Crippen LogP contribution in [0.1, 0.15) is 80.1 Å². The lowest BCUT2D eigenvalue weighted by Gasteiger charge is -2.47. The molecule has 0 bridgehead atoms. The topological polar surface area (TPSA) is 52.6 Å². The molecule has 1 fully saturated rings. The molecule has 1 heterocycles. The molecule has 0 aliphatic carbocycles. The zero-order valence-corrected chi connectivity index (χ0v) is 15.0. The first-order valence-corrected chi connectivity index (χ1v) is 8.73. The lowest BCUT2D eigenvalue weighted by molar-refractivity contribution is -0.292. The van der Waals surface area contributed by atoms with Gasteiger partial charge in [-0.25, -0.2) is 0 Å². The van der Waals surface area contributed by atoms with Crippen molar-refractivity contribution in [3.05, 3.63) is 0 Å². The smallest absolute Gasteiger partial charge is 0.326 e. The zero-order chi connectivity index (χ0) is 17.0. The van der Waals surface area contributed by atoms with Crippen molar-refractivity contribution in [2.75, 3.05) is 0 Å². The quantitative estimate of drug-likeness (QED) is 0.490. The Hall–Kier alpha value is -1.06. The molecule has 0 N–H and O–H groups in total. The molecule has 4 heteroatoms. The highest BCUT2D eigenvalue weighted by atomic mass is 16.7. The number of ether oxygens (including phenoxy) is 2. The number of hydrogen-bond donors (Lipinski definition) is 0. The predicted molar refractivity (Wildman–Crippen MR) is 86.1 cm³/mol. The summed E-state index contributed by atoms with van der Waals surface area (Å²) in [5.41, 5.74) is -1.10. The van der Waals surface area contributed by atoms with E-state index >= 15 is 0 Å². The monoisotopic (exact) mass is 312 g/mol. The van der Waals surface area contributed by atoms with Crippen LogP contribution in [0.15, 0.2) is 0 Å². The molecular weight excluding hydrogens is 280 g/mol. The van der Waals surface area contributed by atoms with E-state index in [4.69, 9.17) is 9.47 Å². The van der Waals surface area contributed by atoms with Crippen LogP contribution in [0.5, 0.6) is 0 Å². The van der Waals surface area contributed by atoms with Gasteiger partial charge in [0.15, 0.2) is 5.41 Å². The first-order valence-electron chi connectivity index (χ1n) is 8.73. The number of carbonyl (C=O) groups excluding carboxylic acids is 2. The van der Waals surface area contributed by atoms with Gasteiger partial charge in [-0.1, -0.05) is 67.2 Å². The molecule has 22 heavy (non-hydrogen) atoms. The fourth-order valence-corrected chi connectivity index (χ4v) is 3.22. The van der Waals surface area contributed by atoms with Crippen LogP contribution in [0.2, 0.25) is 0 Å². The highest BCUT2D eigenvalue weighted by molar-refractivity contribution is 6.01. The van der Waals surface area contributed by atoms with Gasteiger partial charge in [0.25, 0.3) is 5.79 Å². The van der Waals surface area contributed by atoms with Gasteiger partial charge < -0.3 is 9.47 Å². The van der Waals surface area contributed by atoms with Crippen molar-refractivity contribution in [3.8, 4) is 0 Å². The van der Waals surface area contributed by atoms with Crippen molar-refractivity contribution in [3.63, 3.8) is 0 Å². The number of carbonyl (C=O) groups is 2. The molecule has 1 aliphatic rings. The maximum absolute atomic E-state index is 12.8. The summed E-state index contributed by atoms with van der Waals surface area (Å²) >= 11 is 0. The van der Waals surface area contributed by atoms with Gasteiger partial charge in [-0.2, -0.15) is 0 Å². The molecule has 0 unspecified atom stereocenters. The van der Waals surface area contributed by atoms with Crippen LogP contribution in [0.4, 0.5) is 0 Å². The fourth-order valence-electron chi connectivity index (χ4n) is 3.22. The summed E-state index contributed by atoms with van der Waals surface area (Å²) in [6, 6.07) is 0. The Bertz CT molecular complexity index is 360. The molecule has 0 amide bonds. The van der Waals surface area contributed by atoms with Crippen LogP contribution in [0.3, 0.4) is 0 Å². The van der Waals surface area contributed by atoms with Gasteiger partial charge in [0.1, 0.15) is 0 Å². The summed E-state index contributed by atoms with van der Waals surface area (Å²) in [4.78, 5) is 25.7. The van der Waals surface area contributed by atoms with Crippen LogP contribution < -0.4 is 0 Å². The largest absolute Gasteiger partial charge is 0.421 e. The molecule has 0 saturated carbocycles. The summed E-state index contributed by atoms with van der Waals surface area (Å²) in [6.07, 6.45) is 4.57. The van der Waals surface area contributed by atoms with Gasteiger partial charge in [0.05, 0.1) is 0 Å². The summed E-state index contributed by atoms with van der Waals surface area (Å²) in [5, 5.41) is 0. The van der Waals surface area contributed by atoms with E-state index in [1.807, 2.05) is 27.7 Å². The van der Waals surface area contributed by atoms with Crippen LogP contribution in [0.25, 0.3) is 0 Å². The average molecular weight is 312 g/mol. The first-order chi connectivity index (χ1) is 10.3. The van der Waals surface area contributed by atoms with Crippen molar-refractivity contribution in [2.24, 2.45) is 17.3 Å². The summed E-state index contributed by atoms with van der Waals surface area (Å²) in [7, 11) is 0. The fraction of sp³-hybridized carbons (Fsp3) is 0.889. The molecule has 1 rings (SSSR count). The standard InChI is InChI=1S/C18H32O4/c1-7-9-11-17(12-10-8-2)15(19)21-18(13(3)4,14(5)6)22-16(17)20/h13-14H,7-12H2,1-6H3. The Morgan fingerprint density at radius 3 is 1.45 bits per heavy atom. The summed E-state index contributed by atoms with van der Waals surface area (Å²) in [5.74, 6) is -2.04. The summed E-state index contributed by atoms with van der Waals surface area (Å²) in [6.45, 7) is 11.8. The van der Waals surface area contributed by atoms with E-state index < -0.39 is 11.2 Å². The Labute approximate surface area is 134 Å². The lowest BCUT2D eigenvalue weighted by atomic mass is 9.76. The minimum atomic E-state index is -1.13. The summed E-state index contributed by atoms with van der Waals surface area (Å²) < 4.78 is 11.6. The Morgan fingerprint density at radius 2 is 1.18 bits per heavy atom. The number of rotatable bonds is 8. The molecule has 0 aromatic heterocycles. The molecule has 0 aromatic carbocycles. The van der Waals surface area contributed by atoms with Gasteiger partial charge >= 0.3 is 11.9 Å². The van der Waals surface area contributed by atoms with Gasteiger partial charge in [0.2, 0.25) is 0 Å². The van der Waals surface area contributed by atoms with Gasteiger partial charge in [0, 0.05) is 11.8 Å². The minimum Gasteiger partial charge on any atom is -0.421 e. The number of esters is 2. The Balaban J connectivity index is 3.13. The van der Waals surface area contributed by atoms with Crippen molar-refractivity contribution in [2.45, 2.75) is 85.9 Å². The third-order valence-electron chi connectivity index (χ3n) is 4.81. The Kier molecular flexibility index (Phi) is 6.45. The van der Waals surface area contributed by atoms with E-state index in [9.17, 15) is 9.59 Å². The molecule has 0 spiro atoms. The molecule has 128 valence electrons. The maximum Gasteiger partial charge on any atom is 0.326 e. The van der Waals surface area contributed by atoms with Crippen molar-refractivity contribution in [1.82, 2.24) is 0 Å². The zero-order valence-electron chi connectivity index (χ0n) is 15.0. The molecule has 0 aromatic rings. The third kappa shape index (κ3) is 3.31. The number of unbranched alkanes of at least 4 members (excludes halogenated alkanes) is 2. The second kappa shape index (κ2) is 7.47. The van der Waals surface area contributed by atoms with E-state index in [1.165, 1.54) is 0 Å². The first kappa shape index (κ1) is 19.0. The number of hydrogen-bond acceptors (Lipinski definition) is 4. The van der Waals surface area contributed by atoms with E-state index in [0.717, 1.165) is 25.7 Å². The lowest BCUT2D eigenvalue weighted by Crippen LogP contribution is -2.60. The second-order valence-electron chi connectivity index (χ2n) is 7.10. The van der Waals surface area contributed by atoms with Gasteiger partial charge in [-0.3, -0.25) is 9.59 Å². The van der Waals surface area contributed by atoms with Crippen molar-refractivity contribution < 1.29 is 19.1 Å². The normalized spacial score (nSPS) is 20.2. The van der Waals surface area contributed by atoms with Crippen LogP contribution in [-0.2, 0) is 19.1 Å². The highest BCUT2D eigenvalue weighted by Gasteiger charge is 2.60. The minimum absolute atomic E-state index is 0.0734. The number of cyclic esters (lactones) is 2. The van der Waals surface area contributed by atoms with E-state index in [0.29, 0.717) is 12.8 Å². The SMILES string of the molecule is CCCCC1(CCCC)C(=O)OC(C(C)C)(C(C)C)OC1=O.